The van der Waals surface area contributed by atoms with Gasteiger partial charge in [-0.15, -0.1) is 0 Å². The van der Waals surface area contributed by atoms with Crippen LogP contribution in [-0.2, 0) is 6.42 Å². The molecule has 2 aromatic rings. The molecule has 0 atom stereocenters. The van der Waals surface area contributed by atoms with Crippen LogP contribution in [0.2, 0.25) is 0 Å². The van der Waals surface area contributed by atoms with Crippen LogP contribution in [0.4, 0.5) is 0 Å². The van der Waals surface area contributed by atoms with Crippen molar-refractivity contribution in [1.29, 1.82) is 0 Å². The number of hydrogen-bond acceptors (Lipinski definition) is 4. The summed E-state index contributed by atoms with van der Waals surface area (Å²) < 4.78 is 5.81. The maximum absolute atomic E-state index is 12.4. The minimum atomic E-state index is -0.527. The molecule has 5 heteroatoms. The van der Waals surface area contributed by atoms with E-state index < -0.39 is 5.60 Å². The molecule has 2 amide bonds. The van der Waals surface area contributed by atoms with Crippen LogP contribution in [-0.4, -0.2) is 40.6 Å². The minimum absolute atomic E-state index is 0.219. The lowest BCUT2D eigenvalue weighted by atomic mass is 9.81. The molecule has 4 rings (SSSR count). The molecule has 152 valence electrons. The molecule has 1 saturated carbocycles. The maximum atomic E-state index is 12.4. The van der Waals surface area contributed by atoms with Crippen LogP contribution in [0.5, 0.6) is 5.75 Å². The number of carbonyl (C=O) groups excluding carboxylic acids is 2. The van der Waals surface area contributed by atoms with Crippen LogP contribution in [0.15, 0.2) is 48.5 Å². The third-order valence-electron chi connectivity index (χ3n) is 6.02. The Kier molecular flexibility index (Phi) is 5.67. The topological polar surface area (TPSA) is 66.8 Å². The first-order valence-corrected chi connectivity index (χ1v) is 10.5. The molecule has 2 aromatic carbocycles. The van der Waals surface area contributed by atoms with Gasteiger partial charge in [0.25, 0.3) is 11.8 Å². The highest BCUT2D eigenvalue weighted by molar-refractivity contribution is 6.21. The molecule has 1 heterocycles. The van der Waals surface area contributed by atoms with Crippen LogP contribution in [0.3, 0.4) is 0 Å². The molecular weight excluding hydrogens is 366 g/mol. The zero-order chi connectivity index (χ0) is 20.3. The average molecular weight is 393 g/mol. The van der Waals surface area contributed by atoms with E-state index in [-0.39, 0.29) is 25.0 Å². The molecule has 0 radical (unpaired) electrons. The van der Waals surface area contributed by atoms with E-state index in [4.69, 9.17) is 4.74 Å². The lowest BCUT2D eigenvalue weighted by Crippen LogP contribution is -2.33. The quantitative estimate of drug-likeness (QED) is 0.723. The number of aliphatic hydroxyl groups is 1. The Labute approximate surface area is 171 Å². The summed E-state index contributed by atoms with van der Waals surface area (Å²) in [5.74, 6) is 0.196. The van der Waals surface area contributed by atoms with Crippen molar-refractivity contribution in [2.24, 2.45) is 0 Å². The second-order valence-electron chi connectivity index (χ2n) is 8.09. The molecule has 1 N–H and O–H groups in total. The summed E-state index contributed by atoms with van der Waals surface area (Å²) in [7, 11) is 0. The highest BCUT2D eigenvalue weighted by Gasteiger charge is 2.34. The van der Waals surface area contributed by atoms with E-state index in [1.54, 1.807) is 24.3 Å². The van der Waals surface area contributed by atoms with Crippen molar-refractivity contribution in [2.45, 2.75) is 50.5 Å². The highest BCUT2D eigenvalue weighted by atomic mass is 16.5. The molecule has 0 aromatic heterocycles. The Hall–Kier alpha value is -2.66. The summed E-state index contributed by atoms with van der Waals surface area (Å²) in [4.78, 5) is 26.0. The number of aryl methyl sites for hydroxylation is 1. The molecular formula is C24H27NO4. The van der Waals surface area contributed by atoms with Crippen LogP contribution in [0.1, 0.15) is 64.8 Å². The van der Waals surface area contributed by atoms with Gasteiger partial charge in [0.2, 0.25) is 0 Å². The number of ether oxygens (including phenoxy) is 1. The summed E-state index contributed by atoms with van der Waals surface area (Å²) >= 11 is 0. The SMILES string of the molecule is O=C1c2ccccc2C(=O)N1CCOc1cccc(CCC2(O)CCCCC2)c1. The molecule has 1 aliphatic heterocycles. The van der Waals surface area contributed by atoms with E-state index in [0.717, 1.165) is 49.8 Å². The third-order valence-corrected chi connectivity index (χ3v) is 6.02. The van der Waals surface area contributed by atoms with Gasteiger partial charge in [0.1, 0.15) is 12.4 Å². The smallest absolute Gasteiger partial charge is 0.261 e. The van der Waals surface area contributed by atoms with Crippen molar-refractivity contribution in [3.63, 3.8) is 0 Å². The first-order valence-electron chi connectivity index (χ1n) is 10.5. The van der Waals surface area contributed by atoms with Crippen LogP contribution < -0.4 is 4.74 Å². The lowest BCUT2D eigenvalue weighted by molar-refractivity contribution is -0.00343. The molecule has 0 bridgehead atoms. The number of benzene rings is 2. The molecule has 1 aliphatic carbocycles. The first kappa shape index (κ1) is 19.6. The van der Waals surface area contributed by atoms with Crippen LogP contribution in [0.25, 0.3) is 0 Å². The number of fused-ring (bicyclic) bond motifs is 1. The van der Waals surface area contributed by atoms with Crippen molar-refractivity contribution < 1.29 is 19.4 Å². The van der Waals surface area contributed by atoms with E-state index in [0.29, 0.717) is 11.1 Å². The van der Waals surface area contributed by atoms with Gasteiger partial charge in [-0.3, -0.25) is 14.5 Å². The molecule has 2 aliphatic rings. The average Bonchev–Trinajstić information content (AvgIpc) is 2.98. The van der Waals surface area contributed by atoms with E-state index >= 15 is 0 Å². The first-order chi connectivity index (χ1) is 14.1. The van der Waals surface area contributed by atoms with Gasteiger partial charge >= 0.3 is 0 Å². The Morgan fingerprint density at radius 2 is 1.62 bits per heavy atom. The standard InChI is InChI=1S/C24H27NO4/c26-22-20-9-2-3-10-21(20)23(27)25(22)15-16-29-19-8-6-7-18(17-19)11-14-24(28)12-4-1-5-13-24/h2-3,6-10,17,28H,1,4-5,11-16H2. The zero-order valence-electron chi connectivity index (χ0n) is 16.6. The van der Waals surface area contributed by atoms with Gasteiger partial charge in [-0.1, -0.05) is 43.5 Å². The van der Waals surface area contributed by atoms with Gasteiger partial charge in [-0.2, -0.15) is 0 Å². The second-order valence-corrected chi connectivity index (χ2v) is 8.09. The summed E-state index contributed by atoms with van der Waals surface area (Å²) in [6, 6.07) is 14.7. The summed E-state index contributed by atoms with van der Waals surface area (Å²) in [5.41, 5.74) is 1.52. The van der Waals surface area contributed by atoms with Crippen molar-refractivity contribution in [2.75, 3.05) is 13.2 Å². The Bertz CT molecular complexity index is 866. The van der Waals surface area contributed by atoms with Gasteiger partial charge in [-0.25, -0.2) is 0 Å². The van der Waals surface area contributed by atoms with Crippen molar-refractivity contribution in [3.8, 4) is 5.75 Å². The number of amides is 2. The monoisotopic (exact) mass is 393 g/mol. The Morgan fingerprint density at radius 1 is 0.931 bits per heavy atom. The number of imide groups is 1. The molecule has 5 nitrogen and oxygen atoms in total. The van der Waals surface area contributed by atoms with Gasteiger partial charge in [0.05, 0.1) is 23.3 Å². The maximum Gasteiger partial charge on any atom is 0.261 e. The van der Waals surface area contributed by atoms with Crippen molar-refractivity contribution in [3.05, 3.63) is 65.2 Å². The lowest BCUT2D eigenvalue weighted by Gasteiger charge is -2.32. The molecule has 0 saturated heterocycles. The second kappa shape index (κ2) is 8.37. The van der Waals surface area contributed by atoms with E-state index in [2.05, 4.69) is 0 Å². The van der Waals surface area contributed by atoms with Crippen LogP contribution in [0, 0.1) is 0 Å². The molecule has 1 fully saturated rings. The number of hydrogen-bond donors (Lipinski definition) is 1. The van der Waals surface area contributed by atoms with Gasteiger partial charge < -0.3 is 9.84 Å². The molecule has 0 spiro atoms. The van der Waals surface area contributed by atoms with Gasteiger partial charge in [0.15, 0.2) is 0 Å². The molecule has 0 unspecified atom stereocenters. The largest absolute Gasteiger partial charge is 0.492 e. The fourth-order valence-electron chi connectivity index (χ4n) is 4.32. The van der Waals surface area contributed by atoms with E-state index in [1.165, 1.54) is 11.3 Å². The Morgan fingerprint density at radius 3 is 2.31 bits per heavy atom. The Balaban J connectivity index is 1.30. The van der Waals surface area contributed by atoms with Crippen molar-refractivity contribution >= 4 is 11.8 Å². The fraction of sp³-hybridized carbons (Fsp3) is 0.417. The highest BCUT2D eigenvalue weighted by Crippen LogP contribution is 2.32. The number of rotatable bonds is 7. The van der Waals surface area contributed by atoms with E-state index in [1.807, 2.05) is 24.3 Å². The van der Waals surface area contributed by atoms with E-state index in [9.17, 15) is 14.7 Å². The minimum Gasteiger partial charge on any atom is -0.492 e. The van der Waals surface area contributed by atoms with Gasteiger partial charge in [0, 0.05) is 0 Å². The number of carbonyl (C=O) groups is 2. The summed E-state index contributed by atoms with van der Waals surface area (Å²) in [5, 5.41) is 10.7. The van der Waals surface area contributed by atoms with Crippen LogP contribution >= 0.6 is 0 Å². The summed E-state index contributed by atoms with van der Waals surface area (Å²) in [6.45, 7) is 0.467. The molecule has 29 heavy (non-hydrogen) atoms. The number of nitrogens with zero attached hydrogens (tertiary/aromatic N) is 1. The predicted octanol–water partition coefficient (Wildman–Crippen LogP) is 3.99. The third kappa shape index (κ3) is 4.35. The van der Waals surface area contributed by atoms with Crippen molar-refractivity contribution in [1.82, 2.24) is 4.90 Å². The zero-order valence-corrected chi connectivity index (χ0v) is 16.6. The summed E-state index contributed by atoms with van der Waals surface area (Å²) in [6.07, 6.45) is 6.80. The predicted molar refractivity (Wildman–Crippen MR) is 110 cm³/mol. The van der Waals surface area contributed by atoms with Gasteiger partial charge in [-0.05, 0) is 55.5 Å². The normalized spacial score (nSPS) is 18.0. The fourth-order valence-corrected chi connectivity index (χ4v) is 4.32.